The molecule has 3 rings (SSSR count). The first-order valence-corrected chi connectivity index (χ1v) is 13.7. The van der Waals surface area contributed by atoms with E-state index in [0.29, 0.717) is 30.2 Å². The van der Waals surface area contributed by atoms with Crippen molar-refractivity contribution in [1.82, 2.24) is 10.7 Å². The van der Waals surface area contributed by atoms with Crippen molar-refractivity contribution >= 4 is 33.7 Å². The normalized spacial score (nSPS) is 11.1. The van der Waals surface area contributed by atoms with Crippen LogP contribution in [0.25, 0.3) is 0 Å². The molecule has 0 heterocycles. The molecule has 0 fully saturated rings. The summed E-state index contributed by atoms with van der Waals surface area (Å²) in [5, 5.41) is 6.69. The Kier molecular flexibility index (Phi) is 10.2. The Morgan fingerprint density at radius 3 is 2.29 bits per heavy atom. The van der Waals surface area contributed by atoms with E-state index in [0.717, 1.165) is 16.1 Å². The van der Waals surface area contributed by atoms with Crippen LogP contribution >= 0.6 is 0 Å². The first-order chi connectivity index (χ1) is 18.3. The number of amides is 2. The Balaban J connectivity index is 1.49. The van der Waals surface area contributed by atoms with Gasteiger partial charge >= 0.3 is 0 Å². The maximum absolute atomic E-state index is 12.5. The van der Waals surface area contributed by atoms with Crippen molar-refractivity contribution in [3.63, 3.8) is 0 Å². The summed E-state index contributed by atoms with van der Waals surface area (Å²) in [5.74, 6) is -0.0146. The lowest BCUT2D eigenvalue weighted by molar-refractivity contribution is -0.123. The fourth-order valence-electron chi connectivity index (χ4n) is 3.31. The highest BCUT2D eigenvalue weighted by atomic mass is 32.2. The molecule has 0 saturated heterocycles. The Labute approximate surface area is 222 Å². The molecule has 3 aromatic rings. The molecule has 0 radical (unpaired) electrons. The molecule has 0 aliphatic heterocycles. The van der Waals surface area contributed by atoms with E-state index in [2.05, 4.69) is 15.8 Å². The maximum atomic E-state index is 12.5. The second-order valence-electron chi connectivity index (χ2n) is 8.08. The maximum Gasteiger partial charge on any atom is 0.260 e. The van der Waals surface area contributed by atoms with Gasteiger partial charge in [-0.2, -0.15) is 5.10 Å². The lowest BCUT2D eigenvalue weighted by atomic mass is 10.2. The van der Waals surface area contributed by atoms with Gasteiger partial charge in [-0.1, -0.05) is 42.5 Å². The van der Waals surface area contributed by atoms with Gasteiger partial charge in [0.1, 0.15) is 18.0 Å². The summed E-state index contributed by atoms with van der Waals surface area (Å²) in [4.78, 5) is 24.4. The van der Waals surface area contributed by atoms with Crippen molar-refractivity contribution in [3.8, 4) is 11.5 Å². The number of ether oxygens (including phenoxy) is 2. The van der Waals surface area contributed by atoms with Crippen LogP contribution in [0.5, 0.6) is 11.5 Å². The molecular formula is C27H30N4O6S. The first-order valence-electron chi connectivity index (χ1n) is 11.8. The zero-order chi connectivity index (χ0) is 27.4. The van der Waals surface area contributed by atoms with Crippen LogP contribution in [0.4, 0.5) is 5.69 Å². The largest absolute Gasteiger partial charge is 0.492 e. The number of sulfonamides is 1. The predicted molar refractivity (Wildman–Crippen MR) is 146 cm³/mol. The van der Waals surface area contributed by atoms with E-state index in [9.17, 15) is 18.0 Å². The van der Waals surface area contributed by atoms with Crippen molar-refractivity contribution in [1.29, 1.82) is 0 Å². The Morgan fingerprint density at radius 1 is 0.921 bits per heavy atom. The number of anilines is 1. The standard InChI is InChI=1S/C27H30N4O6S/c1-3-36-25-12-8-7-11-24(25)31(38(2,34)35)19-26(32)30-29-18-22-13-15-23(16-14-22)37-20-27(33)28-17-21-9-5-4-6-10-21/h4-16,18H,3,17,19-20H2,1-2H3,(H,28,33)(H,30,32)/b29-18-. The van der Waals surface area contributed by atoms with Crippen molar-refractivity contribution < 1.29 is 27.5 Å². The highest BCUT2D eigenvalue weighted by molar-refractivity contribution is 7.92. The third kappa shape index (κ3) is 8.93. The zero-order valence-electron chi connectivity index (χ0n) is 21.2. The summed E-state index contributed by atoms with van der Waals surface area (Å²) < 4.78 is 36.7. The Morgan fingerprint density at radius 2 is 1.61 bits per heavy atom. The molecule has 11 heteroatoms. The first kappa shape index (κ1) is 28.2. The number of carbonyl (C=O) groups is 2. The predicted octanol–water partition coefficient (Wildman–Crippen LogP) is 2.70. The third-order valence-electron chi connectivity index (χ3n) is 5.11. The zero-order valence-corrected chi connectivity index (χ0v) is 22.0. The van der Waals surface area contributed by atoms with Gasteiger partial charge in [0.2, 0.25) is 10.0 Å². The summed E-state index contributed by atoms with van der Waals surface area (Å²) in [6.07, 6.45) is 2.43. The van der Waals surface area contributed by atoms with E-state index in [4.69, 9.17) is 9.47 Å². The highest BCUT2D eigenvalue weighted by Gasteiger charge is 2.23. The molecule has 2 N–H and O–H groups in total. The fraction of sp³-hybridized carbons (Fsp3) is 0.222. The Bertz CT molecular complexity index is 1350. The molecule has 0 spiro atoms. The molecule has 38 heavy (non-hydrogen) atoms. The molecule has 200 valence electrons. The van der Waals surface area contributed by atoms with Crippen LogP contribution in [0.1, 0.15) is 18.1 Å². The summed E-state index contributed by atoms with van der Waals surface area (Å²) >= 11 is 0. The summed E-state index contributed by atoms with van der Waals surface area (Å²) in [5.41, 5.74) is 4.26. The number of hydrogen-bond acceptors (Lipinski definition) is 7. The van der Waals surface area contributed by atoms with Gasteiger partial charge in [0.05, 0.1) is 24.8 Å². The molecule has 0 saturated carbocycles. The minimum absolute atomic E-state index is 0.125. The average molecular weight is 539 g/mol. The molecule has 2 amide bonds. The van der Waals surface area contributed by atoms with E-state index in [1.807, 2.05) is 30.3 Å². The van der Waals surface area contributed by atoms with Crippen LogP contribution in [0.2, 0.25) is 0 Å². The van der Waals surface area contributed by atoms with E-state index >= 15 is 0 Å². The second kappa shape index (κ2) is 13.8. The minimum Gasteiger partial charge on any atom is -0.492 e. The van der Waals surface area contributed by atoms with Crippen molar-refractivity contribution in [2.75, 3.05) is 30.3 Å². The van der Waals surface area contributed by atoms with Gasteiger partial charge in [0, 0.05) is 6.54 Å². The van der Waals surface area contributed by atoms with Gasteiger partial charge in [-0.3, -0.25) is 13.9 Å². The number of para-hydroxylation sites is 2. The second-order valence-corrected chi connectivity index (χ2v) is 9.99. The average Bonchev–Trinajstić information content (AvgIpc) is 2.91. The van der Waals surface area contributed by atoms with E-state index in [1.165, 1.54) is 6.21 Å². The monoisotopic (exact) mass is 538 g/mol. The van der Waals surface area contributed by atoms with Gasteiger partial charge < -0.3 is 14.8 Å². The van der Waals surface area contributed by atoms with Gasteiger partial charge in [-0.15, -0.1) is 0 Å². The van der Waals surface area contributed by atoms with Crippen LogP contribution in [0, 0.1) is 0 Å². The van der Waals surface area contributed by atoms with E-state index in [1.54, 1.807) is 55.5 Å². The van der Waals surface area contributed by atoms with Gasteiger partial charge in [0.15, 0.2) is 6.61 Å². The van der Waals surface area contributed by atoms with Crippen LogP contribution < -0.4 is 24.5 Å². The quantitative estimate of drug-likeness (QED) is 0.255. The number of carbonyl (C=O) groups excluding carboxylic acids is 2. The van der Waals surface area contributed by atoms with Crippen LogP contribution in [-0.2, 0) is 26.2 Å². The van der Waals surface area contributed by atoms with Crippen molar-refractivity contribution in [3.05, 3.63) is 90.0 Å². The number of nitrogens with one attached hydrogen (secondary N) is 2. The SMILES string of the molecule is CCOc1ccccc1N(CC(=O)N/N=C\c1ccc(OCC(=O)NCc2ccccc2)cc1)S(C)(=O)=O. The lowest BCUT2D eigenvalue weighted by Gasteiger charge is -2.23. The van der Waals surface area contributed by atoms with Crippen molar-refractivity contribution in [2.24, 2.45) is 5.10 Å². The molecule has 3 aromatic carbocycles. The van der Waals surface area contributed by atoms with Gasteiger partial charge in [0.25, 0.3) is 11.8 Å². The minimum atomic E-state index is -3.77. The lowest BCUT2D eigenvalue weighted by Crippen LogP contribution is -2.39. The van der Waals surface area contributed by atoms with Gasteiger partial charge in [-0.05, 0) is 54.4 Å². The smallest absolute Gasteiger partial charge is 0.260 e. The number of nitrogens with zero attached hydrogens (tertiary/aromatic N) is 2. The third-order valence-corrected chi connectivity index (χ3v) is 6.23. The molecule has 0 aromatic heterocycles. The molecule has 0 aliphatic carbocycles. The van der Waals surface area contributed by atoms with E-state index in [-0.39, 0.29) is 18.2 Å². The van der Waals surface area contributed by atoms with Crippen LogP contribution in [-0.4, -0.2) is 52.5 Å². The Hall–Kier alpha value is -4.38. The summed E-state index contributed by atoms with van der Waals surface area (Å²) in [6.45, 7) is 1.95. The fourth-order valence-corrected chi connectivity index (χ4v) is 4.17. The number of hydrogen-bond donors (Lipinski definition) is 2. The molecular weight excluding hydrogens is 508 g/mol. The summed E-state index contributed by atoms with van der Waals surface area (Å²) in [6, 6.07) is 22.9. The van der Waals surface area contributed by atoms with Gasteiger partial charge in [-0.25, -0.2) is 13.8 Å². The molecule has 0 unspecified atom stereocenters. The number of benzene rings is 3. The van der Waals surface area contributed by atoms with Crippen molar-refractivity contribution in [2.45, 2.75) is 13.5 Å². The molecule has 0 bridgehead atoms. The molecule has 0 atom stereocenters. The summed E-state index contributed by atoms with van der Waals surface area (Å²) in [7, 11) is -3.77. The number of hydrazone groups is 1. The number of rotatable bonds is 13. The molecule has 10 nitrogen and oxygen atoms in total. The molecule has 0 aliphatic rings. The topological polar surface area (TPSA) is 126 Å². The van der Waals surface area contributed by atoms with E-state index < -0.39 is 22.5 Å². The van der Waals surface area contributed by atoms with Crippen LogP contribution in [0.15, 0.2) is 84.0 Å². The van der Waals surface area contributed by atoms with Crippen LogP contribution in [0.3, 0.4) is 0 Å². The highest BCUT2D eigenvalue weighted by Crippen LogP contribution is 2.29.